The Balaban J connectivity index is 0.00000182. The molecule has 2 fully saturated rings. The van der Waals surface area contributed by atoms with Crippen LogP contribution >= 0.6 is 24.8 Å². The summed E-state index contributed by atoms with van der Waals surface area (Å²) in [5.41, 5.74) is 6.98. The number of pyridine rings is 1. The van der Waals surface area contributed by atoms with Gasteiger partial charge >= 0.3 is 0 Å². The average Bonchev–Trinajstić information content (AvgIpc) is 2.59. The molecule has 27 heavy (non-hydrogen) atoms. The van der Waals surface area contributed by atoms with E-state index in [0.717, 1.165) is 44.1 Å². The zero-order valence-electron chi connectivity index (χ0n) is 16.3. The van der Waals surface area contributed by atoms with E-state index in [4.69, 9.17) is 5.73 Å². The fraction of sp³-hybridized carbons (Fsp3) is 0.684. The molecule has 154 valence electrons. The summed E-state index contributed by atoms with van der Waals surface area (Å²) in [5, 5.41) is 2.97. The molecule has 3 heterocycles. The summed E-state index contributed by atoms with van der Waals surface area (Å²) in [6.07, 6.45) is 6.47. The quantitative estimate of drug-likeness (QED) is 0.787. The summed E-state index contributed by atoms with van der Waals surface area (Å²) < 4.78 is 0. The maximum absolute atomic E-state index is 12.3. The Morgan fingerprint density at radius 3 is 2.52 bits per heavy atom. The second-order valence-electron chi connectivity index (χ2n) is 8.10. The van der Waals surface area contributed by atoms with Gasteiger partial charge in [0.2, 0.25) is 5.91 Å². The second-order valence-corrected chi connectivity index (χ2v) is 8.10. The van der Waals surface area contributed by atoms with Crippen molar-refractivity contribution < 1.29 is 4.79 Å². The molecule has 1 aromatic rings. The topological polar surface area (TPSA) is 74.5 Å². The molecule has 0 spiro atoms. The van der Waals surface area contributed by atoms with Crippen molar-refractivity contribution >= 4 is 42.2 Å². The van der Waals surface area contributed by atoms with Crippen LogP contribution in [-0.4, -0.2) is 54.6 Å². The molecule has 2 aliphatic rings. The number of aromatic nitrogens is 1. The molecule has 3 N–H and O–H groups in total. The number of amides is 1. The van der Waals surface area contributed by atoms with Crippen molar-refractivity contribution in [2.24, 2.45) is 11.1 Å². The van der Waals surface area contributed by atoms with Crippen LogP contribution in [0.4, 0.5) is 11.5 Å². The Bertz CT molecular complexity index is 590. The molecule has 1 amide bonds. The number of rotatable bonds is 4. The van der Waals surface area contributed by atoms with Gasteiger partial charge in [0.05, 0.1) is 18.4 Å². The Hall–Kier alpha value is -1.08. The molecule has 1 atom stereocenters. The van der Waals surface area contributed by atoms with Crippen molar-refractivity contribution in [2.45, 2.75) is 45.6 Å². The Kier molecular flexibility index (Phi) is 9.28. The second kappa shape index (κ2) is 10.5. The molecule has 2 saturated heterocycles. The van der Waals surface area contributed by atoms with Crippen molar-refractivity contribution in [3.05, 3.63) is 18.3 Å². The van der Waals surface area contributed by atoms with Gasteiger partial charge in [-0.1, -0.05) is 13.8 Å². The predicted molar refractivity (Wildman–Crippen MR) is 116 cm³/mol. The average molecular weight is 418 g/mol. The highest BCUT2D eigenvalue weighted by Crippen LogP contribution is 2.27. The third-order valence-electron chi connectivity index (χ3n) is 5.47. The lowest BCUT2D eigenvalue weighted by Crippen LogP contribution is -2.53. The number of carbonyl (C=O) groups is 1. The largest absolute Gasteiger partial charge is 0.357 e. The third kappa shape index (κ3) is 6.49. The van der Waals surface area contributed by atoms with E-state index >= 15 is 0 Å². The predicted octanol–water partition coefficient (Wildman–Crippen LogP) is 2.91. The standard InChI is InChI=1S/C19H31N5O.2ClH/c1-19(2)14-23(11-8-16(19)20)13-18(25)22-15-6-7-17(21-12-15)24-9-4-3-5-10-24;;/h6-7,12,16H,3-5,8-11,13-14,20H2,1-2H3,(H,22,25);2*1H. The van der Waals surface area contributed by atoms with Gasteiger partial charge in [0.25, 0.3) is 0 Å². The smallest absolute Gasteiger partial charge is 0.238 e. The van der Waals surface area contributed by atoms with Crippen LogP contribution in [0.2, 0.25) is 0 Å². The lowest BCUT2D eigenvalue weighted by molar-refractivity contribution is -0.118. The van der Waals surface area contributed by atoms with Gasteiger partial charge in [-0.15, -0.1) is 24.8 Å². The monoisotopic (exact) mass is 417 g/mol. The Labute approximate surface area is 175 Å². The van der Waals surface area contributed by atoms with Crippen LogP contribution < -0.4 is 16.0 Å². The molecule has 1 unspecified atom stereocenters. The number of hydrogen-bond acceptors (Lipinski definition) is 5. The first kappa shape index (κ1) is 24.0. The maximum Gasteiger partial charge on any atom is 0.238 e. The van der Waals surface area contributed by atoms with Crippen LogP contribution in [-0.2, 0) is 4.79 Å². The number of likely N-dealkylation sites (tertiary alicyclic amines) is 1. The molecule has 8 heteroatoms. The summed E-state index contributed by atoms with van der Waals surface area (Å²) in [6.45, 7) is 8.63. The Morgan fingerprint density at radius 2 is 1.93 bits per heavy atom. The van der Waals surface area contributed by atoms with Gasteiger partial charge in [0.1, 0.15) is 5.82 Å². The molecule has 0 aliphatic carbocycles. The number of anilines is 2. The fourth-order valence-electron chi connectivity index (χ4n) is 3.79. The Morgan fingerprint density at radius 1 is 1.22 bits per heavy atom. The van der Waals surface area contributed by atoms with E-state index in [1.807, 2.05) is 12.1 Å². The van der Waals surface area contributed by atoms with Gasteiger partial charge in [-0.3, -0.25) is 9.69 Å². The SMILES string of the molecule is CC1(C)CN(CC(=O)Nc2ccc(N3CCCCC3)nc2)CCC1N.Cl.Cl. The highest BCUT2D eigenvalue weighted by atomic mass is 35.5. The third-order valence-corrected chi connectivity index (χ3v) is 5.47. The van der Waals surface area contributed by atoms with E-state index in [-0.39, 0.29) is 42.2 Å². The highest BCUT2D eigenvalue weighted by molar-refractivity contribution is 5.92. The molecule has 6 nitrogen and oxygen atoms in total. The van der Waals surface area contributed by atoms with Crippen LogP contribution in [0.15, 0.2) is 18.3 Å². The van der Waals surface area contributed by atoms with Gasteiger partial charge in [0.15, 0.2) is 0 Å². The minimum atomic E-state index is 0. The van der Waals surface area contributed by atoms with Crippen molar-refractivity contribution in [2.75, 3.05) is 42.9 Å². The summed E-state index contributed by atoms with van der Waals surface area (Å²) in [4.78, 5) is 21.4. The number of hydrogen-bond donors (Lipinski definition) is 2. The summed E-state index contributed by atoms with van der Waals surface area (Å²) >= 11 is 0. The zero-order valence-corrected chi connectivity index (χ0v) is 18.0. The van der Waals surface area contributed by atoms with Gasteiger partial charge < -0.3 is 16.0 Å². The molecular formula is C19H33Cl2N5O. The number of nitrogens with two attached hydrogens (primary N) is 1. The number of nitrogens with zero attached hydrogens (tertiary/aromatic N) is 3. The molecule has 0 bridgehead atoms. The normalized spacial score (nSPS) is 22.3. The summed E-state index contributed by atoms with van der Waals surface area (Å²) in [6, 6.07) is 4.16. The first-order valence-electron chi connectivity index (χ1n) is 9.43. The molecule has 3 rings (SSSR count). The highest BCUT2D eigenvalue weighted by Gasteiger charge is 2.33. The van der Waals surface area contributed by atoms with E-state index in [1.165, 1.54) is 19.3 Å². The van der Waals surface area contributed by atoms with Crippen molar-refractivity contribution in [1.82, 2.24) is 9.88 Å². The van der Waals surface area contributed by atoms with Gasteiger partial charge in [-0.25, -0.2) is 4.98 Å². The van der Waals surface area contributed by atoms with Gasteiger partial charge in [0, 0.05) is 32.2 Å². The summed E-state index contributed by atoms with van der Waals surface area (Å²) in [7, 11) is 0. The number of piperidine rings is 2. The fourth-order valence-corrected chi connectivity index (χ4v) is 3.79. The lowest BCUT2D eigenvalue weighted by Gasteiger charge is -2.42. The van der Waals surface area contributed by atoms with E-state index in [0.29, 0.717) is 6.54 Å². The van der Waals surface area contributed by atoms with Crippen LogP contribution in [0.3, 0.4) is 0 Å². The lowest BCUT2D eigenvalue weighted by atomic mass is 9.80. The number of halogens is 2. The first-order chi connectivity index (χ1) is 11.9. The van der Waals surface area contributed by atoms with Crippen molar-refractivity contribution in [3.63, 3.8) is 0 Å². The minimum Gasteiger partial charge on any atom is -0.357 e. The van der Waals surface area contributed by atoms with Gasteiger partial charge in [-0.2, -0.15) is 0 Å². The van der Waals surface area contributed by atoms with Crippen molar-refractivity contribution in [1.29, 1.82) is 0 Å². The van der Waals surface area contributed by atoms with Crippen LogP contribution in [0.1, 0.15) is 39.5 Å². The van der Waals surface area contributed by atoms with Crippen LogP contribution in [0.5, 0.6) is 0 Å². The zero-order chi connectivity index (χ0) is 17.9. The number of nitrogens with one attached hydrogen (secondary N) is 1. The summed E-state index contributed by atoms with van der Waals surface area (Å²) in [5.74, 6) is 1.02. The molecule has 0 aromatic carbocycles. The van der Waals surface area contributed by atoms with E-state index in [1.54, 1.807) is 6.20 Å². The minimum absolute atomic E-state index is 0. The van der Waals surface area contributed by atoms with Crippen LogP contribution in [0.25, 0.3) is 0 Å². The molecular weight excluding hydrogens is 385 g/mol. The van der Waals surface area contributed by atoms with E-state index in [2.05, 4.69) is 33.9 Å². The van der Waals surface area contributed by atoms with Crippen LogP contribution in [0, 0.1) is 5.41 Å². The van der Waals surface area contributed by atoms with E-state index in [9.17, 15) is 4.79 Å². The maximum atomic E-state index is 12.3. The van der Waals surface area contributed by atoms with Crippen molar-refractivity contribution in [3.8, 4) is 0 Å². The molecule has 0 saturated carbocycles. The molecule has 0 radical (unpaired) electrons. The number of carbonyl (C=O) groups excluding carboxylic acids is 1. The van der Waals surface area contributed by atoms with Gasteiger partial charge in [-0.05, 0) is 43.2 Å². The first-order valence-corrected chi connectivity index (χ1v) is 9.43. The molecule has 2 aliphatic heterocycles. The molecule has 1 aromatic heterocycles. The van der Waals surface area contributed by atoms with E-state index < -0.39 is 0 Å².